The van der Waals surface area contributed by atoms with E-state index in [1.807, 2.05) is 91.9 Å². The Morgan fingerprint density at radius 2 is 0.583 bits per heavy atom. The average molecular weight is 1590 g/mol. The molecule has 0 saturated heterocycles. The summed E-state index contributed by atoms with van der Waals surface area (Å²) >= 11 is 0. The molecule has 11 nitrogen and oxygen atoms in total. The number of aryl methyl sites for hydroxylation is 4. The predicted molar refractivity (Wildman–Crippen MR) is 492 cm³/mol. The van der Waals surface area contributed by atoms with Gasteiger partial charge in [0.05, 0.1) is 34.9 Å². The van der Waals surface area contributed by atoms with Crippen LogP contribution in [0, 0.1) is 27.7 Å². The first kappa shape index (κ1) is 83.5. The van der Waals surface area contributed by atoms with Gasteiger partial charge in [-0.05, 0) is 149 Å². The molecule has 5 aliphatic rings. The minimum Gasteiger partial charge on any atom is -0.497 e. The SMILES string of the molecule is CC(C)(c1ccccc1)c1cc2c(c(C(C)(C)c3ccccc3)c1)OC[N+](c1ccccc1)=C2.CCC(C)(C)c1cc2c(c(C(C)(C)CC)c1)OC[N+](c1ccccc1)=C2.COc1cc(C)c2c(c1)C=[N+](c1ccccc1)CO2.Cc1cc(-c2ccccc2)cc2c1OC[N+](c1ccccc1)=C2.Cc1cc(C)c2c(c1)C=[N+](c1ccccc1)CO2. The van der Waals surface area contributed by atoms with Crippen molar-refractivity contribution in [2.75, 3.05) is 40.8 Å². The Labute approximate surface area is 711 Å². The van der Waals surface area contributed by atoms with Crippen LogP contribution in [0.3, 0.4) is 0 Å². The Kier molecular flexibility index (Phi) is 25.7. The zero-order chi connectivity index (χ0) is 84.1. The van der Waals surface area contributed by atoms with Crippen molar-refractivity contribution in [1.82, 2.24) is 0 Å². The van der Waals surface area contributed by atoms with Crippen molar-refractivity contribution < 1.29 is 51.3 Å². The van der Waals surface area contributed by atoms with Gasteiger partial charge in [0.15, 0.2) is 31.1 Å². The molecular formula is C109H114N5O6+5. The zero-order valence-electron chi connectivity index (χ0n) is 72.4. The lowest BCUT2D eigenvalue weighted by Crippen LogP contribution is -2.28. The van der Waals surface area contributed by atoms with Crippen molar-refractivity contribution in [3.8, 4) is 45.6 Å². The normalized spacial score (nSPS) is 13.6. The van der Waals surface area contributed by atoms with Gasteiger partial charge in [0.25, 0.3) is 33.7 Å². The fourth-order valence-electron chi connectivity index (χ4n) is 15.9. The minimum atomic E-state index is -0.211. The van der Waals surface area contributed by atoms with E-state index in [-0.39, 0.29) is 21.7 Å². The Bertz CT molecular complexity index is 5920. The Hall–Kier alpha value is -13.0. The van der Waals surface area contributed by atoms with Gasteiger partial charge in [-0.2, -0.15) is 22.9 Å². The van der Waals surface area contributed by atoms with Crippen molar-refractivity contribution in [3.05, 3.63) is 387 Å². The lowest BCUT2D eigenvalue weighted by Gasteiger charge is -2.33. The van der Waals surface area contributed by atoms with E-state index in [9.17, 15) is 0 Å². The highest BCUT2D eigenvalue weighted by atomic mass is 16.5. The molecule has 0 amide bonds. The summed E-state index contributed by atoms with van der Waals surface area (Å²) in [5.41, 5.74) is 26.2. The first-order valence-corrected chi connectivity index (χ1v) is 41.9. The molecule has 5 aliphatic heterocycles. The summed E-state index contributed by atoms with van der Waals surface area (Å²) in [6, 6.07) is 106. The van der Waals surface area contributed by atoms with Crippen LogP contribution in [0.5, 0.6) is 34.5 Å². The molecule has 0 saturated carbocycles. The van der Waals surface area contributed by atoms with Crippen LogP contribution in [0.25, 0.3) is 11.1 Å². The van der Waals surface area contributed by atoms with Crippen molar-refractivity contribution >= 4 is 59.5 Å². The highest BCUT2D eigenvalue weighted by Crippen LogP contribution is 2.46. The molecule has 0 radical (unpaired) electrons. The van der Waals surface area contributed by atoms with E-state index in [4.69, 9.17) is 28.4 Å². The van der Waals surface area contributed by atoms with Crippen LogP contribution in [0.4, 0.5) is 28.4 Å². The third kappa shape index (κ3) is 19.1. The molecule has 0 atom stereocenters. The van der Waals surface area contributed by atoms with Gasteiger partial charge in [0.2, 0.25) is 28.4 Å². The lowest BCUT2D eigenvalue weighted by molar-refractivity contribution is -0.476. The molecule has 0 aromatic heterocycles. The first-order valence-electron chi connectivity index (χ1n) is 41.9. The van der Waals surface area contributed by atoms with Gasteiger partial charge in [0.1, 0.15) is 34.5 Å². The molecule has 606 valence electrons. The smallest absolute Gasteiger partial charge is 0.292 e. The van der Waals surface area contributed by atoms with Crippen LogP contribution in [0.2, 0.25) is 0 Å². The number of nitrogens with zero attached hydrogens (tertiary/aromatic N) is 5. The van der Waals surface area contributed by atoms with E-state index in [1.54, 1.807) is 7.11 Å². The molecule has 0 bridgehead atoms. The number of rotatable bonds is 15. The van der Waals surface area contributed by atoms with E-state index >= 15 is 0 Å². The predicted octanol–water partition coefficient (Wildman–Crippen LogP) is 24.9. The second kappa shape index (κ2) is 36.9. The van der Waals surface area contributed by atoms with Crippen molar-refractivity contribution in [2.24, 2.45) is 0 Å². The number of fused-ring (bicyclic) bond motifs is 5. The monoisotopic (exact) mass is 1590 g/mol. The number of methoxy groups -OCH3 is 1. The number of hydrogen-bond donors (Lipinski definition) is 0. The zero-order valence-corrected chi connectivity index (χ0v) is 72.4. The summed E-state index contributed by atoms with van der Waals surface area (Å²) in [7, 11) is 1.68. The number of para-hydroxylation sites is 5. The van der Waals surface area contributed by atoms with Gasteiger partial charge in [-0.3, -0.25) is 0 Å². The molecule has 11 heteroatoms. The van der Waals surface area contributed by atoms with Crippen LogP contribution >= 0.6 is 0 Å². The molecule has 0 fully saturated rings. The third-order valence-corrected chi connectivity index (χ3v) is 23.9. The quantitative estimate of drug-likeness (QED) is 0.0953. The molecule has 5 heterocycles. The summed E-state index contributed by atoms with van der Waals surface area (Å²) < 4.78 is 46.6. The van der Waals surface area contributed by atoms with Gasteiger partial charge >= 0.3 is 0 Å². The van der Waals surface area contributed by atoms with Crippen molar-refractivity contribution in [3.63, 3.8) is 0 Å². The fourth-order valence-corrected chi connectivity index (χ4v) is 15.9. The molecular weight excluding hydrogens is 1480 g/mol. The summed E-state index contributed by atoms with van der Waals surface area (Å²) in [4.78, 5) is 0. The highest BCUT2D eigenvalue weighted by Gasteiger charge is 2.37. The Morgan fingerprint density at radius 1 is 0.275 bits per heavy atom. The van der Waals surface area contributed by atoms with Crippen LogP contribution in [0.1, 0.15) is 166 Å². The van der Waals surface area contributed by atoms with E-state index < -0.39 is 0 Å². The maximum Gasteiger partial charge on any atom is 0.292 e. The molecule has 0 unspecified atom stereocenters. The molecule has 13 aromatic carbocycles. The van der Waals surface area contributed by atoms with Crippen LogP contribution in [-0.4, -0.2) is 94.7 Å². The summed E-state index contributed by atoms with van der Waals surface area (Å²) in [5, 5.41) is 0. The number of benzene rings is 13. The molecule has 0 N–H and O–H groups in total. The number of ether oxygens (including phenoxy) is 6. The highest BCUT2D eigenvalue weighted by molar-refractivity contribution is 5.88. The maximum atomic E-state index is 6.50. The van der Waals surface area contributed by atoms with Crippen molar-refractivity contribution in [2.45, 2.75) is 131 Å². The summed E-state index contributed by atoms with van der Waals surface area (Å²) in [6.07, 6.45) is 13.1. The van der Waals surface area contributed by atoms with E-state index in [0.717, 1.165) is 104 Å². The molecule has 0 aliphatic carbocycles. The van der Waals surface area contributed by atoms with Gasteiger partial charge in [0, 0.05) is 82.6 Å². The number of hydrogen-bond acceptors (Lipinski definition) is 6. The summed E-state index contributed by atoms with van der Waals surface area (Å²) in [6.45, 7) is 34.1. The molecule has 18 rings (SSSR count). The third-order valence-electron chi connectivity index (χ3n) is 23.9. The van der Waals surface area contributed by atoms with E-state index in [2.05, 4.69) is 362 Å². The second-order valence-electron chi connectivity index (χ2n) is 33.8. The lowest BCUT2D eigenvalue weighted by atomic mass is 9.72. The van der Waals surface area contributed by atoms with E-state index in [1.165, 1.54) is 66.8 Å². The van der Waals surface area contributed by atoms with Gasteiger partial charge in [-0.25, -0.2) is 0 Å². The van der Waals surface area contributed by atoms with Crippen LogP contribution in [0.15, 0.2) is 303 Å². The van der Waals surface area contributed by atoms with Crippen LogP contribution in [-0.2, 0) is 21.7 Å². The fraction of sp³-hybridized carbons (Fsp3) is 0.239. The Balaban J connectivity index is 0.000000125. The second-order valence-corrected chi connectivity index (χ2v) is 33.8. The molecule has 0 spiro atoms. The largest absolute Gasteiger partial charge is 0.497 e. The minimum absolute atomic E-state index is 0.0900. The summed E-state index contributed by atoms with van der Waals surface area (Å²) in [5.74, 6) is 5.82. The van der Waals surface area contributed by atoms with Gasteiger partial charge in [-0.15, -0.1) is 0 Å². The standard InChI is InChI=1S/C32H32NO.C24H32NO.C21H18NO.C16H16NO2.C16H16NO/c1-31(2,25-14-8-5-9-15-25)27-20-24-22-33(28-18-12-7-13-19-28)23-34-30(24)29(21-27)32(3,4)26-16-10-6-11-17-26;1-7-23(3,4)19-14-18-16-25(20-12-10-9-11-13-20)17-26-22(18)21(15-19)24(5,6)8-2;1-16-12-18(17-8-4-2-5-9-17)13-19-14-22(15-23-21(16)19)20-10-6-3-7-11-20;1-12-8-15(18-2)9-13-10-17(11-19-16(12)13)14-6-4-3-5-7-14;1-12-8-13(2)16-14(9-12)10-17(11-18-16)15-6-4-3-5-7-15/h5-22H,23H2,1-4H3;9-16H,7-8,17H2,1-6H3;2-14H,15H2,1H3;3-10H,11H2,1-2H3;3-10H,11H2,1-2H3/q5*+1. The Morgan fingerprint density at radius 3 is 0.975 bits per heavy atom. The van der Waals surface area contributed by atoms with Crippen molar-refractivity contribution in [1.29, 1.82) is 0 Å². The topological polar surface area (TPSA) is 70.4 Å². The maximum absolute atomic E-state index is 6.50. The molecule has 120 heavy (non-hydrogen) atoms. The first-order chi connectivity index (χ1) is 58.0. The van der Waals surface area contributed by atoms with Gasteiger partial charge in [-0.1, -0.05) is 269 Å². The van der Waals surface area contributed by atoms with Gasteiger partial charge < -0.3 is 28.4 Å². The average Bonchev–Trinajstić information content (AvgIpc) is 0.749. The molecule has 13 aromatic rings. The van der Waals surface area contributed by atoms with E-state index in [0.29, 0.717) is 33.7 Å². The van der Waals surface area contributed by atoms with Crippen LogP contribution < -0.4 is 28.4 Å².